The van der Waals surface area contributed by atoms with Crippen LogP contribution >= 0.6 is 0 Å². The minimum absolute atomic E-state index is 0.194. The molecule has 3 nitrogen and oxygen atoms in total. The molecule has 0 amide bonds. The molecule has 71 heavy (non-hydrogen) atoms. The van der Waals surface area contributed by atoms with Gasteiger partial charge in [0.05, 0.1) is 11.4 Å². The molecule has 10 aromatic carbocycles. The van der Waals surface area contributed by atoms with Crippen LogP contribution in [0.4, 0.5) is 34.1 Å². The van der Waals surface area contributed by atoms with Gasteiger partial charge < -0.3 is 14.2 Å². The Morgan fingerprint density at radius 1 is 0.352 bits per heavy atom. The lowest BCUT2D eigenvalue weighted by Crippen LogP contribution is -2.55. The molecule has 0 saturated heterocycles. The Morgan fingerprint density at radius 2 is 0.789 bits per heavy atom. The fourth-order valence-electron chi connectivity index (χ4n) is 14.6. The summed E-state index contributed by atoms with van der Waals surface area (Å²) in [5.41, 5.74) is 19.1. The highest BCUT2D eigenvalue weighted by Gasteiger charge is 2.62. The summed E-state index contributed by atoms with van der Waals surface area (Å²) in [6, 6.07) is 85.4. The summed E-state index contributed by atoms with van der Waals surface area (Å²) in [6.45, 7) is 0. The normalized spacial score (nSPS) is 20.5. The van der Waals surface area contributed by atoms with Crippen molar-refractivity contribution in [2.45, 2.75) is 37.5 Å². The van der Waals surface area contributed by atoms with Crippen molar-refractivity contribution in [1.29, 1.82) is 0 Å². The van der Waals surface area contributed by atoms with Crippen molar-refractivity contribution in [2.24, 2.45) is 23.7 Å². The van der Waals surface area contributed by atoms with Gasteiger partial charge in [0.1, 0.15) is 5.58 Å². The van der Waals surface area contributed by atoms with Gasteiger partial charge in [-0.15, -0.1) is 0 Å². The van der Waals surface area contributed by atoms with Crippen molar-refractivity contribution < 1.29 is 4.42 Å². The lowest BCUT2D eigenvalue weighted by Gasteiger charge is -2.61. The van der Waals surface area contributed by atoms with Gasteiger partial charge in [-0.2, -0.15) is 0 Å². The summed E-state index contributed by atoms with van der Waals surface area (Å²) in [7, 11) is 0. The van der Waals surface area contributed by atoms with E-state index in [9.17, 15) is 0 Å². The zero-order valence-electron chi connectivity index (χ0n) is 39.6. The van der Waals surface area contributed by atoms with Gasteiger partial charge in [0.2, 0.25) is 0 Å². The SMILES string of the molecule is c1ccc(-c2cccc(N(c3ccccc3)c3cc4c(c5ccccc35)-c3c(cc(N(c5ccccc5)c5cccc(-c6ccccc6)c5)c5oc6ccccc6c35)C43C4CC5CC(C4)CC3C5)c2)cc1. The third kappa shape index (κ3) is 6.15. The molecule has 1 heterocycles. The minimum Gasteiger partial charge on any atom is -0.454 e. The first-order chi connectivity index (χ1) is 35.2. The number of para-hydroxylation sites is 3. The van der Waals surface area contributed by atoms with Crippen LogP contribution in [0, 0.1) is 23.7 Å². The van der Waals surface area contributed by atoms with Crippen molar-refractivity contribution in [3.05, 3.63) is 242 Å². The topological polar surface area (TPSA) is 19.6 Å². The molecule has 0 atom stereocenters. The molecule has 4 fully saturated rings. The first-order valence-electron chi connectivity index (χ1n) is 25.8. The molecule has 4 saturated carbocycles. The van der Waals surface area contributed by atoms with Gasteiger partial charge in [-0.1, -0.05) is 164 Å². The third-order valence-electron chi connectivity index (χ3n) is 17.2. The third-order valence-corrected chi connectivity index (χ3v) is 17.2. The highest BCUT2D eigenvalue weighted by molar-refractivity contribution is 6.23. The molecule has 16 rings (SSSR count). The van der Waals surface area contributed by atoms with E-state index in [0.29, 0.717) is 11.8 Å². The summed E-state index contributed by atoms with van der Waals surface area (Å²) in [4.78, 5) is 5.04. The van der Waals surface area contributed by atoms with Crippen LogP contribution in [-0.2, 0) is 5.41 Å². The van der Waals surface area contributed by atoms with E-state index in [4.69, 9.17) is 4.42 Å². The van der Waals surface area contributed by atoms with Crippen molar-refractivity contribution in [2.75, 3.05) is 9.80 Å². The van der Waals surface area contributed by atoms with Crippen molar-refractivity contribution in [3.8, 4) is 33.4 Å². The molecule has 5 aliphatic rings. The van der Waals surface area contributed by atoms with Gasteiger partial charge in [0.25, 0.3) is 0 Å². The predicted molar refractivity (Wildman–Crippen MR) is 295 cm³/mol. The second kappa shape index (κ2) is 15.9. The highest BCUT2D eigenvalue weighted by atomic mass is 16.3. The van der Waals surface area contributed by atoms with Crippen molar-refractivity contribution >= 4 is 66.8 Å². The van der Waals surface area contributed by atoms with E-state index in [0.717, 1.165) is 51.4 Å². The summed E-state index contributed by atoms with van der Waals surface area (Å²) in [5, 5.41) is 4.96. The van der Waals surface area contributed by atoms with E-state index in [-0.39, 0.29) is 5.41 Å². The first kappa shape index (κ1) is 40.7. The van der Waals surface area contributed by atoms with Gasteiger partial charge in [-0.25, -0.2) is 0 Å². The molecule has 1 spiro atoms. The maximum absolute atomic E-state index is 7.34. The number of anilines is 6. The van der Waals surface area contributed by atoms with Crippen LogP contribution in [0.3, 0.4) is 0 Å². The van der Waals surface area contributed by atoms with Gasteiger partial charge in [0, 0.05) is 44.3 Å². The molecule has 5 aliphatic carbocycles. The Bertz CT molecular complexity index is 3810. The highest BCUT2D eigenvalue weighted by Crippen LogP contribution is 2.72. The zero-order valence-corrected chi connectivity index (χ0v) is 39.6. The number of benzene rings is 10. The minimum atomic E-state index is -0.194. The first-order valence-corrected chi connectivity index (χ1v) is 25.8. The summed E-state index contributed by atoms with van der Waals surface area (Å²) >= 11 is 0. The van der Waals surface area contributed by atoms with Gasteiger partial charge in [-0.3, -0.25) is 0 Å². The van der Waals surface area contributed by atoms with Crippen LogP contribution in [-0.4, -0.2) is 0 Å². The van der Waals surface area contributed by atoms with Crippen LogP contribution in [0.2, 0.25) is 0 Å². The van der Waals surface area contributed by atoms with E-state index in [1.54, 1.807) is 0 Å². The molecule has 4 bridgehead atoms. The van der Waals surface area contributed by atoms with E-state index < -0.39 is 0 Å². The molecule has 3 heteroatoms. The summed E-state index contributed by atoms with van der Waals surface area (Å²) < 4.78 is 7.34. The van der Waals surface area contributed by atoms with Crippen LogP contribution in [0.25, 0.3) is 66.1 Å². The Kier molecular flexibility index (Phi) is 9.15. The molecule has 0 radical (unpaired) electrons. The molecule has 0 N–H and O–H groups in total. The van der Waals surface area contributed by atoms with Crippen LogP contribution in [0.15, 0.2) is 235 Å². The number of hydrogen-bond acceptors (Lipinski definition) is 3. The number of fused-ring (bicyclic) bond motifs is 9. The molecule has 340 valence electrons. The second-order valence-corrected chi connectivity index (χ2v) is 20.8. The fraction of sp³-hybridized carbons (Fsp3) is 0.147. The summed E-state index contributed by atoms with van der Waals surface area (Å²) in [5.74, 6) is 2.62. The van der Waals surface area contributed by atoms with E-state index in [1.807, 2.05) is 0 Å². The standard InChI is InChI=1S/C68H52N2O/c1-5-19-46(20-6-1)48-23-17-29-54(40-48)69(52-25-9-3-10-26-52)61-42-59-64(57-32-14-13-31-56(57)61)66-60(68(59)50-36-44-35-45(38-50)39-51(68)37-44)43-62(67-65(66)58-33-15-16-34-63(58)71-67)70(53-27-11-4-12-28-53)55-30-18-24-49(41-55)47-21-7-2-8-22-47/h1-34,40-45,50-51H,35-39H2. The Balaban J connectivity index is 1.05. The Morgan fingerprint density at radius 3 is 1.37 bits per heavy atom. The fourth-order valence-corrected chi connectivity index (χ4v) is 14.6. The van der Waals surface area contributed by atoms with Crippen LogP contribution < -0.4 is 9.80 Å². The van der Waals surface area contributed by atoms with Crippen LogP contribution in [0.5, 0.6) is 0 Å². The number of nitrogens with zero attached hydrogens (tertiary/aromatic N) is 2. The average Bonchev–Trinajstić information content (AvgIpc) is 3.98. The van der Waals surface area contributed by atoms with Gasteiger partial charge >= 0.3 is 0 Å². The molecular formula is C68H52N2O. The van der Waals surface area contributed by atoms with E-state index >= 15 is 0 Å². The largest absolute Gasteiger partial charge is 0.454 e. The number of rotatable bonds is 8. The average molecular weight is 913 g/mol. The molecule has 1 aromatic heterocycles. The van der Waals surface area contributed by atoms with Crippen molar-refractivity contribution in [3.63, 3.8) is 0 Å². The second-order valence-electron chi connectivity index (χ2n) is 20.8. The van der Waals surface area contributed by atoms with Crippen LogP contribution in [0.1, 0.15) is 43.2 Å². The Labute approximate surface area is 415 Å². The molecule has 11 aromatic rings. The smallest absolute Gasteiger partial charge is 0.160 e. The quantitative estimate of drug-likeness (QED) is 0.151. The van der Waals surface area contributed by atoms with E-state index in [1.165, 1.54) is 104 Å². The number of furan rings is 1. The predicted octanol–water partition coefficient (Wildman–Crippen LogP) is 18.7. The van der Waals surface area contributed by atoms with E-state index in [2.05, 4.69) is 240 Å². The van der Waals surface area contributed by atoms with Gasteiger partial charge in [0.15, 0.2) is 5.58 Å². The lowest BCUT2D eigenvalue weighted by atomic mass is 9.43. The lowest BCUT2D eigenvalue weighted by molar-refractivity contribution is -0.0398. The number of hydrogen-bond donors (Lipinski definition) is 0. The van der Waals surface area contributed by atoms with Gasteiger partial charge in [-0.05, 0) is 172 Å². The zero-order chi connectivity index (χ0) is 46.6. The Hall–Kier alpha value is -8.14. The maximum atomic E-state index is 7.34. The monoisotopic (exact) mass is 912 g/mol. The molecule has 0 aliphatic heterocycles. The summed E-state index contributed by atoms with van der Waals surface area (Å²) in [6.07, 6.45) is 6.49. The maximum Gasteiger partial charge on any atom is 0.160 e. The molecule has 0 unspecified atom stereocenters. The molecular weight excluding hydrogens is 861 g/mol. The van der Waals surface area contributed by atoms with Crippen molar-refractivity contribution in [1.82, 2.24) is 0 Å².